The normalized spacial score (nSPS) is 10.8. The average Bonchev–Trinajstić information content (AvgIpc) is 3.15. The van der Waals surface area contributed by atoms with Crippen molar-refractivity contribution in [1.29, 1.82) is 0 Å². The molecule has 1 heterocycles. The van der Waals surface area contributed by atoms with Crippen molar-refractivity contribution in [3.05, 3.63) is 142 Å². The Bertz CT molecular complexity index is 1820. The van der Waals surface area contributed by atoms with Crippen LogP contribution >= 0.6 is 0 Å². The van der Waals surface area contributed by atoms with Crippen LogP contribution in [0.2, 0.25) is 0 Å². The molecule has 0 radical (unpaired) electrons. The fourth-order valence-electron chi connectivity index (χ4n) is 5.97. The van der Waals surface area contributed by atoms with Crippen LogP contribution in [0.15, 0.2) is 97.1 Å². The largest absolute Gasteiger partial charge is 0.466 e. The molecule has 0 atom stereocenters. The molecule has 4 aromatic carbocycles. The number of carbonyl (C=O) groups is 3. The van der Waals surface area contributed by atoms with Gasteiger partial charge in [0, 0.05) is 24.8 Å². The van der Waals surface area contributed by atoms with Gasteiger partial charge in [0.15, 0.2) is 0 Å². The highest BCUT2D eigenvalue weighted by molar-refractivity contribution is 5.98. The summed E-state index contributed by atoms with van der Waals surface area (Å²) in [7, 11) is 2.76. The minimum Gasteiger partial charge on any atom is -0.466 e. The van der Waals surface area contributed by atoms with Crippen LogP contribution in [0.3, 0.4) is 0 Å². The van der Waals surface area contributed by atoms with Crippen molar-refractivity contribution >= 4 is 17.9 Å². The SMILES string of the molecule is CCCCc1nc(Cc2ccc(-c3ccccc3C(=O)OC)cc2)c(CC(=O)OCC)c(Cc2ccc(-c3ccccc3C(=O)OC)cc2)n1. The number of hydrogen-bond donors (Lipinski definition) is 0. The summed E-state index contributed by atoms with van der Waals surface area (Å²) in [5, 5.41) is 0. The first-order chi connectivity index (χ1) is 24.3. The lowest BCUT2D eigenvalue weighted by Gasteiger charge is -2.16. The number of unbranched alkanes of at least 4 members (excludes halogenated alkanes) is 1. The molecule has 0 amide bonds. The van der Waals surface area contributed by atoms with Gasteiger partial charge in [-0.05, 0) is 58.9 Å². The molecule has 0 saturated heterocycles. The van der Waals surface area contributed by atoms with E-state index in [-0.39, 0.29) is 30.9 Å². The molecule has 5 aromatic rings. The Kier molecular flexibility index (Phi) is 12.2. The van der Waals surface area contributed by atoms with Gasteiger partial charge in [-0.15, -0.1) is 0 Å². The first-order valence-electron chi connectivity index (χ1n) is 16.9. The smallest absolute Gasteiger partial charge is 0.338 e. The lowest BCUT2D eigenvalue weighted by atomic mass is 9.94. The predicted molar refractivity (Wildman–Crippen MR) is 193 cm³/mol. The number of methoxy groups -OCH3 is 2. The number of esters is 3. The van der Waals surface area contributed by atoms with E-state index in [1.54, 1.807) is 19.1 Å². The van der Waals surface area contributed by atoms with E-state index < -0.39 is 0 Å². The molecule has 0 aliphatic rings. The monoisotopic (exact) mass is 670 g/mol. The zero-order chi connectivity index (χ0) is 35.5. The van der Waals surface area contributed by atoms with E-state index >= 15 is 0 Å². The van der Waals surface area contributed by atoms with Gasteiger partial charge in [0.2, 0.25) is 0 Å². The van der Waals surface area contributed by atoms with Gasteiger partial charge < -0.3 is 14.2 Å². The molecule has 256 valence electrons. The van der Waals surface area contributed by atoms with Crippen molar-refractivity contribution < 1.29 is 28.6 Å². The number of ether oxygens (including phenoxy) is 3. The molecular formula is C42H42N2O6. The summed E-state index contributed by atoms with van der Waals surface area (Å²) in [5.41, 5.74) is 8.74. The third-order valence-electron chi connectivity index (χ3n) is 8.54. The summed E-state index contributed by atoms with van der Waals surface area (Å²) in [6, 6.07) is 30.8. The molecule has 0 unspecified atom stereocenters. The third-order valence-corrected chi connectivity index (χ3v) is 8.54. The number of aryl methyl sites for hydroxylation is 1. The van der Waals surface area contributed by atoms with E-state index in [1.807, 2.05) is 84.9 Å². The van der Waals surface area contributed by atoms with Gasteiger partial charge in [0.1, 0.15) is 5.82 Å². The van der Waals surface area contributed by atoms with Gasteiger partial charge in [-0.1, -0.05) is 98.3 Å². The molecule has 0 fully saturated rings. The Hall–Kier alpha value is -5.63. The number of benzene rings is 4. The van der Waals surface area contributed by atoms with Crippen LogP contribution in [0.5, 0.6) is 0 Å². The second kappa shape index (κ2) is 17.2. The maximum absolute atomic E-state index is 13.0. The fourth-order valence-corrected chi connectivity index (χ4v) is 5.97. The summed E-state index contributed by atoms with van der Waals surface area (Å²) in [5.74, 6) is -0.356. The van der Waals surface area contributed by atoms with E-state index in [0.29, 0.717) is 24.0 Å². The minimum absolute atomic E-state index is 0.0573. The summed E-state index contributed by atoms with van der Waals surface area (Å²) < 4.78 is 15.4. The molecule has 0 aliphatic carbocycles. The van der Waals surface area contributed by atoms with Crippen molar-refractivity contribution in [3.8, 4) is 22.3 Å². The van der Waals surface area contributed by atoms with Crippen LogP contribution < -0.4 is 0 Å². The van der Waals surface area contributed by atoms with E-state index in [0.717, 1.165) is 75.4 Å². The number of carbonyl (C=O) groups excluding carboxylic acids is 3. The highest BCUT2D eigenvalue weighted by Gasteiger charge is 2.20. The standard InChI is InChI=1S/C42H42N2O6/c1-5-7-16-39-43-37(25-28-17-21-30(22-18-28)32-12-8-10-14-34(32)41(46)48-3)36(27-40(45)50-6-2)38(44-39)26-29-19-23-31(24-20-29)33-13-9-11-15-35(33)42(47)49-4/h8-15,17-24H,5-7,16,25-27H2,1-4H3. The zero-order valence-electron chi connectivity index (χ0n) is 29.0. The zero-order valence-corrected chi connectivity index (χ0v) is 29.0. The van der Waals surface area contributed by atoms with E-state index in [1.165, 1.54) is 14.2 Å². The first kappa shape index (κ1) is 35.7. The second-order valence-corrected chi connectivity index (χ2v) is 11.9. The van der Waals surface area contributed by atoms with Crippen LogP contribution in [0.25, 0.3) is 22.3 Å². The molecule has 0 N–H and O–H groups in total. The summed E-state index contributed by atoms with van der Waals surface area (Å²) in [6.07, 6.45) is 3.71. The van der Waals surface area contributed by atoms with Crippen molar-refractivity contribution in [2.45, 2.75) is 52.4 Å². The van der Waals surface area contributed by atoms with E-state index in [2.05, 4.69) is 6.92 Å². The van der Waals surface area contributed by atoms with Crippen molar-refractivity contribution in [3.63, 3.8) is 0 Å². The van der Waals surface area contributed by atoms with Gasteiger partial charge in [0.05, 0.1) is 49.8 Å². The predicted octanol–water partition coefficient (Wildman–Crippen LogP) is 8.01. The summed E-state index contributed by atoms with van der Waals surface area (Å²) in [4.78, 5) is 47.8. The highest BCUT2D eigenvalue weighted by Crippen LogP contribution is 2.28. The van der Waals surface area contributed by atoms with Crippen LogP contribution in [0.4, 0.5) is 0 Å². The lowest BCUT2D eigenvalue weighted by molar-refractivity contribution is -0.142. The Morgan fingerprint density at radius 3 is 1.50 bits per heavy atom. The molecule has 0 bridgehead atoms. The topological polar surface area (TPSA) is 105 Å². The molecule has 1 aromatic heterocycles. The summed E-state index contributed by atoms with van der Waals surface area (Å²) >= 11 is 0. The Labute approximate surface area is 293 Å². The van der Waals surface area contributed by atoms with E-state index in [9.17, 15) is 14.4 Å². The van der Waals surface area contributed by atoms with Gasteiger partial charge >= 0.3 is 17.9 Å². The Balaban J connectivity index is 1.50. The van der Waals surface area contributed by atoms with Crippen LogP contribution in [-0.2, 0) is 44.7 Å². The van der Waals surface area contributed by atoms with Crippen LogP contribution in [-0.4, -0.2) is 48.7 Å². The highest BCUT2D eigenvalue weighted by atomic mass is 16.5. The van der Waals surface area contributed by atoms with Gasteiger partial charge in [0.25, 0.3) is 0 Å². The minimum atomic E-state index is -0.387. The van der Waals surface area contributed by atoms with Crippen molar-refractivity contribution in [1.82, 2.24) is 9.97 Å². The molecule has 50 heavy (non-hydrogen) atoms. The Morgan fingerprint density at radius 2 is 1.08 bits per heavy atom. The first-order valence-corrected chi connectivity index (χ1v) is 16.9. The van der Waals surface area contributed by atoms with Crippen LogP contribution in [0.1, 0.15) is 81.3 Å². The molecule has 5 rings (SSSR count). The maximum atomic E-state index is 13.0. The fraction of sp³-hybridized carbons (Fsp3) is 0.262. The average molecular weight is 671 g/mol. The molecular weight excluding hydrogens is 628 g/mol. The molecule has 8 nitrogen and oxygen atoms in total. The molecule has 0 saturated carbocycles. The number of rotatable bonds is 14. The Morgan fingerprint density at radius 1 is 0.620 bits per heavy atom. The van der Waals surface area contributed by atoms with E-state index in [4.69, 9.17) is 24.2 Å². The van der Waals surface area contributed by atoms with Gasteiger partial charge in [-0.2, -0.15) is 0 Å². The number of aromatic nitrogens is 2. The van der Waals surface area contributed by atoms with Crippen molar-refractivity contribution in [2.75, 3.05) is 20.8 Å². The summed E-state index contributed by atoms with van der Waals surface area (Å²) in [6.45, 7) is 4.21. The lowest BCUT2D eigenvalue weighted by Crippen LogP contribution is -2.16. The molecule has 0 spiro atoms. The third kappa shape index (κ3) is 8.69. The number of hydrogen-bond acceptors (Lipinski definition) is 8. The van der Waals surface area contributed by atoms with Gasteiger partial charge in [-0.25, -0.2) is 19.6 Å². The second-order valence-electron chi connectivity index (χ2n) is 11.9. The number of nitrogens with zero attached hydrogens (tertiary/aromatic N) is 2. The van der Waals surface area contributed by atoms with Gasteiger partial charge in [-0.3, -0.25) is 4.79 Å². The molecule has 8 heteroatoms. The maximum Gasteiger partial charge on any atom is 0.338 e. The van der Waals surface area contributed by atoms with Crippen LogP contribution in [0, 0.1) is 0 Å². The molecule has 0 aliphatic heterocycles. The van der Waals surface area contributed by atoms with Crippen molar-refractivity contribution in [2.24, 2.45) is 0 Å². The quantitative estimate of drug-likeness (QED) is 0.0865.